The number of pyridine rings is 1. The van der Waals surface area contributed by atoms with E-state index >= 15 is 0 Å². The van der Waals surface area contributed by atoms with Crippen molar-refractivity contribution < 1.29 is 31.1 Å². The van der Waals surface area contributed by atoms with E-state index in [1.165, 1.54) is 0 Å². The number of nitrogens with one attached hydrogen (secondary N) is 2. The minimum atomic E-state index is -4.59. The molecule has 12 heteroatoms. The fraction of sp³-hybridized carbons (Fsp3) is 0.348. The van der Waals surface area contributed by atoms with Gasteiger partial charge in [-0.2, -0.15) is 31.4 Å². The maximum absolute atomic E-state index is 13.8. The van der Waals surface area contributed by atoms with Gasteiger partial charge in [-0.3, -0.25) is 9.78 Å². The Bertz CT molecular complexity index is 1190. The van der Waals surface area contributed by atoms with Gasteiger partial charge in [0.05, 0.1) is 12.2 Å². The van der Waals surface area contributed by atoms with Crippen molar-refractivity contribution in [3.05, 3.63) is 76.7 Å². The van der Waals surface area contributed by atoms with Crippen LogP contribution in [-0.4, -0.2) is 26.8 Å². The Balaban J connectivity index is 1.55. The van der Waals surface area contributed by atoms with Gasteiger partial charge in [-0.15, -0.1) is 0 Å². The lowest BCUT2D eigenvalue weighted by molar-refractivity contribution is -0.173. The van der Waals surface area contributed by atoms with Crippen LogP contribution < -0.4 is 10.6 Å². The summed E-state index contributed by atoms with van der Waals surface area (Å²) in [6.45, 7) is 1.80. The predicted octanol–water partition coefficient (Wildman–Crippen LogP) is 5.45. The minimum Gasteiger partial charge on any atom is -0.363 e. The number of hydrogen-bond donors (Lipinski definition) is 2. The van der Waals surface area contributed by atoms with Crippen LogP contribution in [0.2, 0.25) is 0 Å². The maximum atomic E-state index is 13.8. The topological polar surface area (TPSA) is 71.8 Å². The Morgan fingerprint density at radius 1 is 1.06 bits per heavy atom. The molecule has 0 unspecified atom stereocenters. The molecular formula is C23H21F6N5O. The molecular weight excluding hydrogens is 476 g/mol. The third-order valence-electron chi connectivity index (χ3n) is 5.84. The number of rotatable bonds is 5. The van der Waals surface area contributed by atoms with Gasteiger partial charge >= 0.3 is 12.4 Å². The van der Waals surface area contributed by atoms with Crippen molar-refractivity contribution in [1.29, 1.82) is 0 Å². The average Bonchev–Trinajstić information content (AvgIpc) is 3.25. The Morgan fingerprint density at radius 2 is 1.74 bits per heavy atom. The van der Waals surface area contributed by atoms with Gasteiger partial charge < -0.3 is 10.6 Å². The Kier molecular flexibility index (Phi) is 6.48. The summed E-state index contributed by atoms with van der Waals surface area (Å²) in [7, 11) is 0. The minimum absolute atomic E-state index is 0.0776. The molecule has 2 aromatic heterocycles. The molecule has 0 radical (unpaired) electrons. The number of hydrogen-bond acceptors (Lipinski definition) is 4. The fourth-order valence-corrected chi connectivity index (χ4v) is 3.91. The van der Waals surface area contributed by atoms with E-state index in [2.05, 4.69) is 20.7 Å². The van der Waals surface area contributed by atoms with Crippen molar-refractivity contribution in [2.45, 2.75) is 50.7 Å². The molecule has 0 saturated heterocycles. The molecule has 186 valence electrons. The summed E-state index contributed by atoms with van der Waals surface area (Å²) >= 11 is 0. The summed E-state index contributed by atoms with van der Waals surface area (Å²) in [6, 6.07) is 6.51. The first-order valence-corrected chi connectivity index (χ1v) is 10.8. The van der Waals surface area contributed by atoms with E-state index in [1.807, 2.05) is 19.1 Å². The molecule has 3 heterocycles. The van der Waals surface area contributed by atoms with Crippen LogP contribution in [0.15, 0.2) is 48.8 Å². The van der Waals surface area contributed by atoms with E-state index in [4.69, 9.17) is 0 Å². The maximum Gasteiger partial charge on any atom is 0.433 e. The van der Waals surface area contributed by atoms with E-state index in [0.29, 0.717) is 11.1 Å². The molecule has 1 aromatic carbocycles. The standard InChI is InChI=1S/C23H21F6N5O/c1-2-13-3-6-15(7-4-13)17-9-19(23(27,28)29)34-20(33-17)16(12-32-34)21(35)31-11-14-5-8-18(30-10-14)22(24,25)26/h3-8,10,12,17,19,33H,2,9,11H2,1H3,(H,31,35)/t17-,19+/m1/s1. The number of amides is 1. The molecule has 2 N–H and O–H groups in total. The number of alkyl halides is 6. The van der Waals surface area contributed by atoms with Crippen LogP contribution in [0, 0.1) is 0 Å². The molecule has 2 atom stereocenters. The molecule has 4 rings (SSSR count). The molecule has 1 aliphatic rings. The monoisotopic (exact) mass is 497 g/mol. The van der Waals surface area contributed by atoms with Gasteiger partial charge in [-0.05, 0) is 29.2 Å². The van der Waals surface area contributed by atoms with Crippen LogP contribution in [0.4, 0.5) is 32.2 Å². The normalized spacial score (nSPS) is 18.0. The van der Waals surface area contributed by atoms with Crippen molar-refractivity contribution in [2.24, 2.45) is 0 Å². The van der Waals surface area contributed by atoms with Crippen molar-refractivity contribution in [2.75, 3.05) is 5.32 Å². The van der Waals surface area contributed by atoms with Crippen molar-refractivity contribution >= 4 is 11.7 Å². The zero-order valence-electron chi connectivity index (χ0n) is 18.4. The highest BCUT2D eigenvalue weighted by molar-refractivity contribution is 5.98. The number of aryl methyl sites for hydroxylation is 1. The summed E-state index contributed by atoms with van der Waals surface area (Å²) in [6.07, 6.45) is -6.68. The number of anilines is 1. The van der Waals surface area contributed by atoms with Gasteiger partial charge in [0.1, 0.15) is 17.1 Å². The Hall–Kier alpha value is -3.57. The molecule has 1 amide bonds. The third kappa shape index (κ3) is 5.25. The largest absolute Gasteiger partial charge is 0.433 e. The van der Waals surface area contributed by atoms with Crippen molar-refractivity contribution in [1.82, 2.24) is 20.1 Å². The quantitative estimate of drug-likeness (QED) is 0.460. The summed E-state index contributed by atoms with van der Waals surface area (Å²) < 4.78 is 80.3. The van der Waals surface area contributed by atoms with E-state index in [9.17, 15) is 31.1 Å². The van der Waals surface area contributed by atoms with Crippen LogP contribution in [0.5, 0.6) is 0 Å². The number of fused-ring (bicyclic) bond motifs is 1. The zero-order chi connectivity index (χ0) is 25.4. The Labute approximate surface area is 196 Å². The molecule has 1 aliphatic heterocycles. The molecule has 0 saturated carbocycles. The van der Waals surface area contributed by atoms with Gasteiger partial charge in [-0.25, -0.2) is 4.68 Å². The molecule has 0 fully saturated rings. The predicted molar refractivity (Wildman–Crippen MR) is 115 cm³/mol. The number of nitrogens with zero attached hydrogens (tertiary/aromatic N) is 3. The van der Waals surface area contributed by atoms with Gasteiger partial charge in [0.15, 0.2) is 6.04 Å². The lowest BCUT2D eigenvalue weighted by Gasteiger charge is -2.34. The fourth-order valence-electron chi connectivity index (χ4n) is 3.91. The van der Waals surface area contributed by atoms with Crippen LogP contribution >= 0.6 is 0 Å². The first kappa shape index (κ1) is 24.6. The second-order valence-electron chi connectivity index (χ2n) is 8.17. The lowest BCUT2D eigenvalue weighted by atomic mass is 9.95. The molecule has 35 heavy (non-hydrogen) atoms. The third-order valence-corrected chi connectivity index (χ3v) is 5.84. The second kappa shape index (κ2) is 9.23. The van der Waals surface area contributed by atoms with Crippen LogP contribution in [0.1, 0.15) is 58.2 Å². The molecule has 0 bridgehead atoms. The number of benzene rings is 1. The highest BCUT2D eigenvalue weighted by atomic mass is 19.4. The number of carbonyl (C=O) groups excluding carboxylic acids is 1. The molecule has 0 spiro atoms. The summed E-state index contributed by atoms with van der Waals surface area (Å²) in [5.74, 6) is -0.798. The number of halogens is 6. The van der Waals surface area contributed by atoms with Crippen LogP contribution in [-0.2, 0) is 19.1 Å². The van der Waals surface area contributed by atoms with E-state index < -0.39 is 36.0 Å². The average molecular weight is 497 g/mol. The molecule has 3 aromatic rings. The van der Waals surface area contributed by atoms with Gasteiger partial charge in [0.2, 0.25) is 0 Å². The van der Waals surface area contributed by atoms with Gasteiger partial charge in [0, 0.05) is 19.2 Å². The molecule has 0 aliphatic carbocycles. The van der Waals surface area contributed by atoms with Crippen molar-refractivity contribution in [3.63, 3.8) is 0 Å². The SMILES string of the molecule is CCc1ccc([C@H]2C[C@@H](C(F)(F)F)n3ncc(C(=O)NCc4ccc(C(F)(F)F)nc4)c3N2)cc1. The first-order valence-electron chi connectivity index (χ1n) is 10.8. The second-order valence-corrected chi connectivity index (χ2v) is 8.17. The van der Waals surface area contributed by atoms with Crippen LogP contribution in [0.25, 0.3) is 0 Å². The summed E-state index contributed by atoms with van der Waals surface area (Å²) in [5, 5.41) is 9.32. The van der Waals surface area contributed by atoms with E-state index in [-0.39, 0.29) is 24.3 Å². The van der Waals surface area contributed by atoms with E-state index in [1.54, 1.807) is 12.1 Å². The highest BCUT2D eigenvalue weighted by Crippen LogP contribution is 2.44. The number of carbonyl (C=O) groups is 1. The van der Waals surface area contributed by atoms with Crippen molar-refractivity contribution in [3.8, 4) is 0 Å². The van der Waals surface area contributed by atoms with Crippen LogP contribution in [0.3, 0.4) is 0 Å². The summed E-state index contributed by atoms with van der Waals surface area (Å²) in [5.41, 5.74) is 0.806. The Morgan fingerprint density at radius 3 is 2.31 bits per heavy atom. The van der Waals surface area contributed by atoms with E-state index in [0.717, 1.165) is 41.2 Å². The first-order chi connectivity index (χ1) is 16.5. The highest BCUT2D eigenvalue weighted by Gasteiger charge is 2.47. The van der Waals surface area contributed by atoms with Gasteiger partial charge in [0.25, 0.3) is 5.91 Å². The lowest BCUT2D eigenvalue weighted by Crippen LogP contribution is -2.36. The molecule has 6 nitrogen and oxygen atoms in total. The number of aromatic nitrogens is 3. The zero-order valence-corrected chi connectivity index (χ0v) is 18.4. The smallest absolute Gasteiger partial charge is 0.363 e. The summed E-state index contributed by atoms with van der Waals surface area (Å²) in [4.78, 5) is 16.1. The van der Waals surface area contributed by atoms with Gasteiger partial charge in [-0.1, -0.05) is 37.3 Å².